The predicted octanol–water partition coefficient (Wildman–Crippen LogP) is 3.18. The zero-order valence-corrected chi connectivity index (χ0v) is 11.9. The van der Waals surface area contributed by atoms with E-state index in [0.29, 0.717) is 11.5 Å². The van der Waals surface area contributed by atoms with Gasteiger partial charge < -0.3 is 10.0 Å². The number of rotatable bonds is 3. The third kappa shape index (κ3) is 3.25. The van der Waals surface area contributed by atoms with Gasteiger partial charge >= 0.3 is 5.97 Å². The zero-order chi connectivity index (χ0) is 14.0. The summed E-state index contributed by atoms with van der Waals surface area (Å²) in [5.74, 6) is -0.218. The van der Waals surface area contributed by atoms with Crippen LogP contribution in [0.25, 0.3) is 0 Å². The fourth-order valence-electron chi connectivity index (χ4n) is 2.70. The van der Waals surface area contributed by atoms with Gasteiger partial charge in [-0.1, -0.05) is 19.9 Å². The Hall–Kier alpha value is -1.58. The molecule has 0 atom stereocenters. The molecule has 2 rings (SSSR count). The van der Waals surface area contributed by atoms with Crippen LogP contribution >= 0.6 is 0 Å². The Morgan fingerprint density at radius 2 is 2.00 bits per heavy atom. The number of aromatic nitrogens is 1. The highest BCUT2D eigenvalue weighted by molar-refractivity contribution is 5.85. The van der Waals surface area contributed by atoms with Gasteiger partial charge in [-0.05, 0) is 43.2 Å². The first-order chi connectivity index (χ1) is 8.89. The number of nitrogens with zero attached hydrogens (tertiary/aromatic N) is 2. The Labute approximate surface area is 114 Å². The number of anilines is 1. The molecule has 1 fully saturated rings. The molecule has 1 aliphatic rings. The van der Waals surface area contributed by atoms with E-state index in [0.717, 1.165) is 18.7 Å². The lowest BCUT2D eigenvalue weighted by Crippen LogP contribution is -2.37. The molecule has 1 N–H and O–H groups in total. The molecule has 0 spiro atoms. The van der Waals surface area contributed by atoms with Crippen molar-refractivity contribution >= 4 is 11.8 Å². The number of hydrogen-bond acceptors (Lipinski definition) is 3. The minimum absolute atomic E-state index is 0.112. The molecule has 0 bridgehead atoms. The molecule has 0 saturated heterocycles. The normalized spacial score (nSPS) is 19.1. The molecule has 0 radical (unpaired) electrons. The van der Waals surface area contributed by atoms with Crippen LogP contribution in [0.1, 0.15) is 50.0 Å². The van der Waals surface area contributed by atoms with Crippen molar-refractivity contribution in [2.45, 2.75) is 45.6 Å². The summed E-state index contributed by atoms with van der Waals surface area (Å²) in [6.45, 7) is 4.62. The fraction of sp³-hybridized carbons (Fsp3) is 0.600. The van der Waals surface area contributed by atoms with Gasteiger partial charge in [0, 0.05) is 13.1 Å². The molecule has 0 unspecified atom stereocenters. The molecular weight excluding hydrogens is 240 g/mol. The summed E-state index contributed by atoms with van der Waals surface area (Å²) in [6, 6.07) is 5.63. The van der Waals surface area contributed by atoms with E-state index in [1.54, 1.807) is 6.07 Å². The molecule has 4 nitrogen and oxygen atoms in total. The quantitative estimate of drug-likeness (QED) is 0.909. The second-order valence-electron chi connectivity index (χ2n) is 6.19. The van der Waals surface area contributed by atoms with Crippen molar-refractivity contribution in [2.75, 3.05) is 11.9 Å². The van der Waals surface area contributed by atoms with Crippen LogP contribution in [0.4, 0.5) is 5.82 Å². The first-order valence-corrected chi connectivity index (χ1v) is 6.82. The van der Waals surface area contributed by atoms with Gasteiger partial charge in [-0.2, -0.15) is 0 Å². The van der Waals surface area contributed by atoms with Crippen molar-refractivity contribution in [3.05, 3.63) is 23.9 Å². The molecule has 1 aromatic heterocycles. The molecule has 19 heavy (non-hydrogen) atoms. The van der Waals surface area contributed by atoms with E-state index in [1.165, 1.54) is 18.9 Å². The molecule has 1 aliphatic carbocycles. The average molecular weight is 262 g/mol. The number of carboxylic acids is 1. The van der Waals surface area contributed by atoms with Gasteiger partial charge in [-0.3, -0.25) is 0 Å². The lowest BCUT2D eigenvalue weighted by molar-refractivity contribution is 0.0690. The number of hydrogen-bond donors (Lipinski definition) is 1. The lowest BCUT2D eigenvalue weighted by atomic mass is 9.75. The van der Waals surface area contributed by atoms with E-state index in [2.05, 4.69) is 23.7 Å². The predicted molar refractivity (Wildman–Crippen MR) is 75.6 cm³/mol. The summed E-state index contributed by atoms with van der Waals surface area (Å²) >= 11 is 0. The van der Waals surface area contributed by atoms with E-state index in [1.807, 2.05) is 13.1 Å². The van der Waals surface area contributed by atoms with Crippen LogP contribution < -0.4 is 4.90 Å². The van der Waals surface area contributed by atoms with Gasteiger partial charge in [0.2, 0.25) is 0 Å². The molecule has 1 heterocycles. The molecule has 1 aromatic rings. The minimum Gasteiger partial charge on any atom is -0.477 e. The Morgan fingerprint density at radius 1 is 1.37 bits per heavy atom. The van der Waals surface area contributed by atoms with E-state index < -0.39 is 5.97 Å². The largest absolute Gasteiger partial charge is 0.477 e. The van der Waals surface area contributed by atoms with Crippen LogP contribution in [0.15, 0.2) is 18.2 Å². The summed E-state index contributed by atoms with van der Waals surface area (Å²) in [7, 11) is 2.01. The van der Waals surface area contributed by atoms with Crippen molar-refractivity contribution in [1.82, 2.24) is 4.98 Å². The summed E-state index contributed by atoms with van der Waals surface area (Å²) < 4.78 is 0. The van der Waals surface area contributed by atoms with Crippen molar-refractivity contribution in [3.8, 4) is 0 Å². The standard InChI is InChI=1S/C15H22N2O2/c1-15(2)9-7-11(8-10-15)17(3)13-6-4-5-12(16-13)14(18)19/h4-6,11H,7-10H2,1-3H3,(H,18,19). The fourth-order valence-corrected chi connectivity index (χ4v) is 2.70. The molecular formula is C15H22N2O2. The summed E-state index contributed by atoms with van der Waals surface area (Å²) in [5.41, 5.74) is 0.550. The highest BCUT2D eigenvalue weighted by Gasteiger charge is 2.29. The number of aromatic carboxylic acids is 1. The van der Waals surface area contributed by atoms with Gasteiger partial charge in [-0.15, -0.1) is 0 Å². The zero-order valence-electron chi connectivity index (χ0n) is 11.9. The third-order valence-corrected chi connectivity index (χ3v) is 4.17. The van der Waals surface area contributed by atoms with E-state index in [4.69, 9.17) is 5.11 Å². The SMILES string of the molecule is CN(c1cccc(C(=O)O)n1)C1CCC(C)(C)CC1. The highest BCUT2D eigenvalue weighted by Crippen LogP contribution is 2.37. The maximum atomic E-state index is 11.0. The van der Waals surface area contributed by atoms with Gasteiger partial charge in [0.05, 0.1) is 0 Å². The molecule has 0 aromatic carbocycles. The minimum atomic E-state index is -0.972. The second-order valence-corrected chi connectivity index (χ2v) is 6.19. The van der Waals surface area contributed by atoms with Gasteiger partial charge in [-0.25, -0.2) is 9.78 Å². The van der Waals surface area contributed by atoms with Crippen molar-refractivity contribution in [3.63, 3.8) is 0 Å². The molecule has 0 amide bonds. The molecule has 104 valence electrons. The van der Waals surface area contributed by atoms with Crippen molar-refractivity contribution in [1.29, 1.82) is 0 Å². The van der Waals surface area contributed by atoms with Gasteiger partial charge in [0.15, 0.2) is 5.69 Å². The number of carbonyl (C=O) groups is 1. The van der Waals surface area contributed by atoms with Crippen LogP contribution in [0.2, 0.25) is 0 Å². The highest BCUT2D eigenvalue weighted by atomic mass is 16.4. The summed E-state index contributed by atoms with van der Waals surface area (Å²) in [6.07, 6.45) is 4.70. The first kappa shape index (κ1) is 13.8. The second kappa shape index (κ2) is 5.19. The van der Waals surface area contributed by atoms with Gasteiger partial charge in [0.1, 0.15) is 5.82 Å². The molecule has 4 heteroatoms. The summed E-state index contributed by atoms with van der Waals surface area (Å²) in [4.78, 5) is 17.3. The number of pyridine rings is 1. The summed E-state index contributed by atoms with van der Waals surface area (Å²) in [5, 5.41) is 8.99. The maximum absolute atomic E-state index is 11.0. The molecule has 1 saturated carbocycles. The smallest absolute Gasteiger partial charge is 0.354 e. The van der Waals surface area contributed by atoms with Crippen LogP contribution in [0.3, 0.4) is 0 Å². The Bertz CT molecular complexity index is 461. The maximum Gasteiger partial charge on any atom is 0.354 e. The van der Waals surface area contributed by atoms with Gasteiger partial charge in [0.25, 0.3) is 0 Å². The lowest BCUT2D eigenvalue weighted by Gasteiger charge is -2.39. The monoisotopic (exact) mass is 262 g/mol. The molecule has 0 aliphatic heterocycles. The third-order valence-electron chi connectivity index (χ3n) is 4.17. The van der Waals surface area contributed by atoms with Crippen molar-refractivity contribution < 1.29 is 9.90 Å². The van der Waals surface area contributed by atoms with E-state index in [-0.39, 0.29) is 5.69 Å². The van der Waals surface area contributed by atoms with E-state index in [9.17, 15) is 4.79 Å². The Kier molecular flexibility index (Phi) is 3.78. The van der Waals surface area contributed by atoms with Crippen LogP contribution in [0.5, 0.6) is 0 Å². The van der Waals surface area contributed by atoms with E-state index >= 15 is 0 Å². The van der Waals surface area contributed by atoms with Crippen molar-refractivity contribution in [2.24, 2.45) is 5.41 Å². The number of carboxylic acid groups (broad SMARTS) is 1. The Morgan fingerprint density at radius 3 is 2.58 bits per heavy atom. The first-order valence-electron chi connectivity index (χ1n) is 6.82. The topological polar surface area (TPSA) is 53.4 Å². The average Bonchev–Trinajstić information content (AvgIpc) is 2.38. The Balaban J connectivity index is 2.10. The van der Waals surface area contributed by atoms with Crippen LogP contribution in [-0.4, -0.2) is 29.1 Å². The van der Waals surface area contributed by atoms with Crippen LogP contribution in [-0.2, 0) is 0 Å². The van der Waals surface area contributed by atoms with Crippen LogP contribution in [0, 0.1) is 5.41 Å².